The van der Waals surface area contributed by atoms with Crippen LogP contribution < -0.4 is 4.90 Å². The molecule has 0 aliphatic carbocycles. The van der Waals surface area contributed by atoms with Crippen LogP contribution in [0.5, 0.6) is 0 Å². The van der Waals surface area contributed by atoms with E-state index in [1.807, 2.05) is 30.3 Å². The minimum absolute atomic E-state index is 0.829. The molecule has 0 N–H and O–H groups in total. The zero-order chi connectivity index (χ0) is 36.7. The molecule has 56 heavy (non-hydrogen) atoms. The van der Waals surface area contributed by atoms with E-state index < -0.39 is 0 Å². The Kier molecular flexibility index (Phi) is 6.60. The Morgan fingerprint density at radius 2 is 0.893 bits per heavy atom. The number of hydrogen-bond donors (Lipinski definition) is 0. The van der Waals surface area contributed by atoms with Gasteiger partial charge < -0.3 is 18.2 Å². The first-order valence-electron chi connectivity index (χ1n) is 18.9. The van der Waals surface area contributed by atoms with Crippen LogP contribution in [0.3, 0.4) is 0 Å². The molecule has 12 rings (SSSR count). The summed E-state index contributed by atoms with van der Waals surface area (Å²) in [5.41, 5.74) is 12.5. The van der Waals surface area contributed by atoms with Crippen LogP contribution in [0.15, 0.2) is 201 Å². The van der Waals surface area contributed by atoms with Crippen LogP contribution >= 0.6 is 0 Å². The quantitative estimate of drug-likeness (QED) is 0.178. The topological polar surface area (TPSA) is 42.7 Å². The lowest BCUT2D eigenvalue weighted by Gasteiger charge is -2.28. The van der Waals surface area contributed by atoms with Gasteiger partial charge in [0.25, 0.3) is 0 Å². The Labute approximate surface area is 321 Å². The third-order valence-corrected chi connectivity index (χ3v) is 11.3. The van der Waals surface area contributed by atoms with Gasteiger partial charge in [-0.3, -0.25) is 0 Å². The molecule has 0 fully saturated rings. The van der Waals surface area contributed by atoms with E-state index in [0.717, 1.165) is 111 Å². The van der Waals surface area contributed by atoms with Crippen molar-refractivity contribution in [3.8, 4) is 22.3 Å². The molecule has 0 aliphatic heterocycles. The Morgan fingerprint density at radius 1 is 0.321 bits per heavy atom. The summed E-state index contributed by atoms with van der Waals surface area (Å²) in [4.78, 5) is 2.33. The van der Waals surface area contributed by atoms with Crippen LogP contribution in [-0.4, -0.2) is 0 Å². The first kappa shape index (κ1) is 30.9. The summed E-state index contributed by atoms with van der Waals surface area (Å²) >= 11 is 0. The number of para-hydroxylation sites is 5. The lowest BCUT2D eigenvalue weighted by molar-refractivity contribution is 0.668. The molecule has 0 saturated heterocycles. The molecule has 4 heteroatoms. The lowest BCUT2D eigenvalue weighted by atomic mass is 9.97. The number of nitrogens with zero attached hydrogens (tertiary/aromatic N) is 1. The summed E-state index contributed by atoms with van der Waals surface area (Å²) < 4.78 is 19.7. The monoisotopic (exact) mass is 717 g/mol. The molecule has 9 aromatic carbocycles. The van der Waals surface area contributed by atoms with Crippen LogP contribution in [-0.2, 0) is 0 Å². The third kappa shape index (κ3) is 4.60. The maximum atomic E-state index is 6.78. The first-order chi connectivity index (χ1) is 27.8. The largest absolute Gasteiger partial charge is 0.456 e. The highest BCUT2D eigenvalue weighted by molar-refractivity contribution is 6.16. The van der Waals surface area contributed by atoms with E-state index in [2.05, 4.69) is 163 Å². The number of benzene rings is 9. The summed E-state index contributed by atoms with van der Waals surface area (Å²) in [6.45, 7) is 0. The normalized spacial score (nSPS) is 11.9. The average molecular weight is 718 g/mol. The van der Waals surface area contributed by atoms with Gasteiger partial charge in [0.2, 0.25) is 0 Å². The van der Waals surface area contributed by atoms with Gasteiger partial charge in [-0.2, -0.15) is 0 Å². The molecule has 262 valence electrons. The van der Waals surface area contributed by atoms with Gasteiger partial charge >= 0.3 is 0 Å². The Bertz CT molecular complexity index is 3490. The van der Waals surface area contributed by atoms with Crippen molar-refractivity contribution in [3.05, 3.63) is 188 Å². The van der Waals surface area contributed by atoms with Gasteiger partial charge in [-0.25, -0.2) is 0 Å². The lowest BCUT2D eigenvalue weighted by Crippen LogP contribution is -2.11. The van der Waals surface area contributed by atoms with Gasteiger partial charge in [-0.05, 0) is 76.5 Å². The van der Waals surface area contributed by atoms with E-state index in [-0.39, 0.29) is 0 Å². The molecule has 3 heterocycles. The molecule has 0 saturated carbocycles. The van der Waals surface area contributed by atoms with Crippen molar-refractivity contribution >= 4 is 93.7 Å². The number of rotatable bonds is 5. The molecule has 3 aromatic heterocycles. The maximum absolute atomic E-state index is 6.78. The predicted octanol–water partition coefficient (Wildman–Crippen LogP) is 15.3. The van der Waals surface area contributed by atoms with Crippen molar-refractivity contribution < 1.29 is 13.3 Å². The van der Waals surface area contributed by atoms with E-state index in [1.165, 1.54) is 5.39 Å². The highest BCUT2D eigenvalue weighted by Gasteiger charge is 2.24. The molecule has 12 aromatic rings. The summed E-state index contributed by atoms with van der Waals surface area (Å²) in [5.74, 6) is 0. The predicted molar refractivity (Wildman–Crippen MR) is 231 cm³/mol. The van der Waals surface area contributed by atoms with Gasteiger partial charge in [0.05, 0.1) is 11.4 Å². The second-order valence-corrected chi connectivity index (χ2v) is 14.4. The van der Waals surface area contributed by atoms with E-state index in [4.69, 9.17) is 13.3 Å². The summed E-state index contributed by atoms with van der Waals surface area (Å²) in [6.07, 6.45) is 0. The fourth-order valence-electron chi connectivity index (χ4n) is 8.71. The van der Waals surface area contributed by atoms with Gasteiger partial charge in [0, 0.05) is 49.1 Å². The number of anilines is 3. The Morgan fingerprint density at radius 3 is 1.75 bits per heavy atom. The van der Waals surface area contributed by atoms with Crippen LogP contribution in [0.4, 0.5) is 17.1 Å². The fraction of sp³-hybridized carbons (Fsp3) is 0. The minimum atomic E-state index is 0.829. The second-order valence-electron chi connectivity index (χ2n) is 14.4. The fourth-order valence-corrected chi connectivity index (χ4v) is 8.71. The average Bonchev–Trinajstić information content (AvgIpc) is 3.95. The number of fused-ring (bicyclic) bond motifs is 10. The van der Waals surface area contributed by atoms with E-state index in [1.54, 1.807) is 0 Å². The van der Waals surface area contributed by atoms with Gasteiger partial charge in [0.1, 0.15) is 27.9 Å². The summed E-state index contributed by atoms with van der Waals surface area (Å²) in [7, 11) is 0. The summed E-state index contributed by atoms with van der Waals surface area (Å²) in [6, 6.07) is 66.0. The zero-order valence-electron chi connectivity index (χ0n) is 30.1. The molecule has 0 radical (unpaired) electrons. The van der Waals surface area contributed by atoms with E-state index in [0.29, 0.717) is 0 Å². The molecule has 0 spiro atoms. The van der Waals surface area contributed by atoms with Crippen molar-refractivity contribution in [2.75, 3.05) is 4.90 Å². The standard InChI is InChI=1S/C52H31NO3/c1-2-13-34-31-49-43(30-33(34)12-1)41-19-9-18-39(51(41)56-49)37-14-3-6-21-44(37)53(45-22-10-20-40-38-15-4-7-23-46(38)55-52(40)45)35-28-26-32(27-29-35)36-17-11-25-48-50(36)42-16-5-8-24-47(42)54-48/h1-31H. The molecule has 0 bridgehead atoms. The summed E-state index contributed by atoms with van der Waals surface area (Å²) in [5, 5.41) is 8.95. The van der Waals surface area contributed by atoms with Crippen molar-refractivity contribution in [2.45, 2.75) is 0 Å². The first-order valence-corrected chi connectivity index (χ1v) is 18.9. The second kappa shape index (κ2) is 12.0. The molecule has 0 atom stereocenters. The smallest absolute Gasteiger partial charge is 0.159 e. The van der Waals surface area contributed by atoms with Gasteiger partial charge in [0.15, 0.2) is 5.58 Å². The minimum Gasteiger partial charge on any atom is -0.456 e. The van der Waals surface area contributed by atoms with Crippen LogP contribution in [0, 0.1) is 0 Å². The van der Waals surface area contributed by atoms with E-state index in [9.17, 15) is 0 Å². The van der Waals surface area contributed by atoms with Crippen molar-refractivity contribution in [3.63, 3.8) is 0 Å². The van der Waals surface area contributed by atoms with Crippen molar-refractivity contribution in [2.24, 2.45) is 0 Å². The third-order valence-electron chi connectivity index (χ3n) is 11.3. The molecular weight excluding hydrogens is 687 g/mol. The van der Waals surface area contributed by atoms with Crippen molar-refractivity contribution in [1.29, 1.82) is 0 Å². The Balaban J connectivity index is 1.08. The van der Waals surface area contributed by atoms with Crippen LogP contribution in [0.1, 0.15) is 0 Å². The number of hydrogen-bond acceptors (Lipinski definition) is 4. The van der Waals surface area contributed by atoms with Gasteiger partial charge in [-0.1, -0.05) is 133 Å². The zero-order valence-corrected chi connectivity index (χ0v) is 30.1. The molecular formula is C52H31NO3. The highest BCUT2D eigenvalue weighted by atomic mass is 16.3. The van der Waals surface area contributed by atoms with Crippen molar-refractivity contribution in [1.82, 2.24) is 0 Å². The maximum Gasteiger partial charge on any atom is 0.159 e. The number of furan rings is 3. The van der Waals surface area contributed by atoms with Crippen LogP contribution in [0.25, 0.3) is 98.8 Å². The molecule has 0 unspecified atom stereocenters. The van der Waals surface area contributed by atoms with Gasteiger partial charge in [-0.15, -0.1) is 0 Å². The van der Waals surface area contributed by atoms with E-state index >= 15 is 0 Å². The molecule has 0 amide bonds. The van der Waals surface area contributed by atoms with Crippen LogP contribution in [0.2, 0.25) is 0 Å². The Hall–Kier alpha value is -7.56. The molecule has 0 aliphatic rings. The molecule has 4 nitrogen and oxygen atoms in total. The highest BCUT2D eigenvalue weighted by Crippen LogP contribution is 2.48. The SMILES string of the molecule is c1ccc(N(c2ccc(-c3cccc4oc5ccccc5c34)cc2)c2cccc3c2oc2ccccc23)c(-c2cccc3c2oc2cc4ccccc4cc23)c1.